The van der Waals surface area contributed by atoms with Crippen molar-refractivity contribution in [3.05, 3.63) is 29.8 Å². The van der Waals surface area contributed by atoms with Gasteiger partial charge in [-0.2, -0.15) is 0 Å². The largest absolute Gasteiger partial charge is 0.497 e. The molecule has 98 valence electrons. The number of carbonyl (C=O) groups excluding carboxylic acids is 1. The molecule has 18 heavy (non-hydrogen) atoms. The lowest BCUT2D eigenvalue weighted by molar-refractivity contribution is -0.121. The van der Waals surface area contributed by atoms with Crippen molar-refractivity contribution in [2.75, 3.05) is 13.7 Å². The number of ether oxygens (including phenoxy) is 1. The Hall–Kier alpha value is -1.51. The number of hydrogen-bond acceptors (Lipinski definition) is 2. The lowest BCUT2D eigenvalue weighted by Gasteiger charge is -2.42. The van der Waals surface area contributed by atoms with Crippen molar-refractivity contribution in [2.24, 2.45) is 0 Å². The minimum atomic E-state index is 0.134. The van der Waals surface area contributed by atoms with Crippen LogP contribution >= 0.6 is 0 Å². The van der Waals surface area contributed by atoms with Gasteiger partial charge in [-0.15, -0.1) is 0 Å². The van der Waals surface area contributed by atoms with Gasteiger partial charge < -0.3 is 10.1 Å². The second-order valence-corrected chi connectivity index (χ2v) is 4.99. The van der Waals surface area contributed by atoms with Gasteiger partial charge in [0.1, 0.15) is 5.75 Å². The molecule has 1 aromatic carbocycles. The van der Waals surface area contributed by atoms with Gasteiger partial charge in [-0.25, -0.2) is 0 Å². The molecule has 1 N–H and O–H groups in total. The zero-order chi connectivity index (χ0) is 13.0. The second-order valence-electron chi connectivity index (χ2n) is 4.99. The molecule has 1 aromatic rings. The van der Waals surface area contributed by atoms with Crippen LogP contribution in [0.25, 0.3) is 0 Å². The van der Waals surface area contributed by atoms with Crippen molar-refractivity contribution >= 4 is 5.91 Å². The highest BCUT2D eigenvalue weighted by Crippen LogP contribution is 2.43. The molecule has 1 saturated carbocycles. The minimum absolute atomic E-state index is 0.134. The van der Waals surface area contributed by atoms with Crippen LogP contribution in [0.2, 0.25) is 0 Å². The first kappa shape index (κ1) is 12.9. The number of amides is 1. The molecule has 3 nitrogen and oxygen atoms in total. The molecule has 0 spiro atoms. The van der Waals surface area contributed by atoms with Crippen LogP contribution in [0.3, 0.4) is 0 Å². The molecule has 0 bridgehead atoms. The SMILES string of the molecule is CCC(=O)NCC1(c2ccc(OC)cc2)CCC1. The highest BCUT2D eigenvalue weighted by atomic mass is 16.5. The second kappa shape index (κ2) is 5.42. The maximum Gasteiger partial charge on any atom is 0.219 e. The average molecular weight is 247 g/mol. The fourth-order valence-electron chi connectivity index (χ4n) is 2.51. The molecule has 0 unspecified atom stereocenters. The summed E-state index contributed by atoms with van der Waals surface area (Å²) in [6, 6.07) is 8.24. The quantitative estimate of drug-likeness (QED) is 0.868. The Morgan fingerprint density at radius 3 is 2.44 bits per heavy atom. The molecule has 0 atom stereocenters. The van der Waals surface area contributed by atoms with Gasteiger partial charge >= 0.3 is 0 Å². The topological polar surface area (TPSA) is 38.3 Å². The summed E-state index contributed by atoms with van der Waals surface area (Å²) in [5, 5.41) is 3.03. The number of rotatable bonds is 5. The lowest BCUT2D eigenvalue weighted by Crippen LogP contribution is -2.45. The normalized spacial score (nSPS) is 16.8. The monoisotopic (exact) mass is 247 g/mol. The number of benzene rings is 1. The van der Waals surface area contributed by atoms with Gasteiger partial charge in [0.05, 0.1) is 7.11 Å². The Morgan fingerprint density at radius 1 is 1.33 bits per heavy atom. The molecule has 2 rings (SSSR count). The summed E-state index contributed by atoms with van der Waals surface area (Å²) < 4.78 is 5.18. The molecule has 0 saturated heterocycles. The Labute approximate surface area is 109 Å². The van der Waals surface area contributed by atoms with E-state index in [1.54, 1.807) is 7.11 Å². The fourth-order valence-corrected chi connectivity index (χ4v) is 2.51. The predicted octanol–water partition coefficient (Wildman–Crippen LogP) is 2.64. The van der Waals surface area contributed by atoms with Gasteiger partial charge in [-0.05, 0) is 30.5 Å². The summed E-state index contributed by atoms with van der Waals surface area (Å²) in [6.45, 7) is 2.64. The first-order chi connectivity index (χ1) is 8.70. The molecule has 1 aliphatic carbocycles. The van der Waals surface area contributed by atoms with E-state index in [-0.39, 0.29) is 11.3 Å². The van der Waals surface area contributed by atoms with E-state index in [9.17, 15) is 4.79 Å². The summed E-state index contributed by atoms with van der Waals surface area (Å²) in [4.78, 5) is 11.4. The van der Waals surface area contributed by atoms with Crippen molar-refractivity contribution in [3.8, 4) is 5.75 Å². The molecule has 1 amide bonds. The van der Waals surface area contributed by atoms with E-state index >= 15 is 0 Å². The molecule has 0 radical (unpaired) electrons. The smallest absolute Gasteiger partial charge is 0.219 e. The summed E-state index contributed by atoms with van der Waals surface area (Å²) in [6.07, 6.45) is 4.11. The van der Waals surface area contributed by atoms with E-state index in [1.165, 1.54) is 12.0 Å². The maximum absolute atomic E-state index is 11.4. The molecular weight excluding hydrogens is 226 g/mol. The van der Waals surface area contributed by atoms with Crippen LogP contribution in [0.4, 0.5) is 0 Å². The molecule has 0 aromatic heterocycles. The molecule has 1 fully saturated rings. The molecule has 1 aliphatic rings. The molecular formula is C15H21NO2. The van der Waals surface area contributed by atoms with Gasteiger partial charge in [0.25, 0.3) is 0 Å². The van der Waals surface area contributed by atoms with Crippen LogP contribution in [-0.4, -0.2) is 19.6 Å². The summed E-state index contributed by atoms with van der Waals surface area (Å²) in [5.74, 6) is 1.01. The van der Waals surface area contributed by atoms with E-state index in [1.807, 2.05) is 19.1 Å². The van der Waals surface area contributed by atoms with Crippen LogP contribution in [-0.2, 0) is 10.2 Å². The number of carbonyl (C=O) groups is 1. The van der Waals surface area contributed by atoms with E-state index < -0.39 is 0 Å². The van der Waals surface area contributed by atoms with Gasteiger partial charge in [0.15, 0.2) is 0 Å². The fraction of sp³-hybridized carbons (Fsp3) is 0.533. The van der Waals surface area contributed by atoms with Gasteiger partial charge in [0.2, 0.25) is 5.91 Å². The molecule has 0 heterocycles. The van der Waals surface area contributed by atoms with E-state index in [2.05, 4.69) is 17.4 Å². The highest BCUT2D eigenvalue weighted by molar-refractivity contribution is 5.75. The Bertz CT molecular complexity index is 407. The Balaban J connectivity index is 2.08. The summed E-state index contributed by atoms with van der Waals surface area (Å²) in [7, 11) is 1.68. The van der Waals surface area contributed by atoms with Crippen LogP contribution in [0.15, 0.2) is 24.3 Å². The highest BCUT2D eigenvalue weighted by Gasteiger charge is 2.38. The van der Waals surface area contributed by atoms with E-state index in [0.29, 0.717) is 6.42 Å². The first-order valence-corrected chi connectivity index (χ1v) is 6.61. The summed E-state index contributed by atoms with van der Waals surface area (Å²) >= 11 is 0. The van der Waals surface area contributed by atoms with Crippen molar-refractivity contribution in [1.82, 2.24) is 5.32 Å². The van der Waals surface area contributed by atoms with Gasteiger partial charge in [0, 0.05) is 18.4 Å². The van der Waals surface area contributed by atoms with Crippen molar-refractivity contribution < 1.29 is 9.53 Å². The van der Waals surface area contributed by atoms with Crippen LogP contribution in [0, 0.1) is 0 Å². The summed E-state index contributed by atoms with van der Waals surface area (Å²) in [5.41, 5.74) is 1.46. The zero-order valence-corrected chi connectivity index (χ0v) is 11.2. The lowest BCUT2D eigenvalue weighted by atomic mass is 9.64. The molecule has 0 aliphatic heterocycles. The Kier molecular flexibility index (Phi) is 3.90. The van der Waals surface area contributed by atoms with Gasteiger partial charge in [-0.1, -0.05) is 25.5 Å². The first-order valence-electron chi connectivity index (χ1n) is 6.61. The third kappa shape index (κ3) is 2.50. The van der Waals surface area contributed by atoms with Crippen LogP contribution in [0.1, 0.15) is 38.2 Å². The van der Waals surface area contributed by atoms with Crippen molar-refractivity contribution in [3.63, 3.8) is 0 Å². The standard InChI is InChI=1S/C15H21NO2/c1-3-14(17)16-11-15(9-4-10-15)12-5-7-13(18-2)8-6-12/h5-8H,3-4,9-11H2,1-2H3,(H,16,17). The average Bonchev–Trinajstić information content (AvgIpc) is 2.38. The van der Waals surface area contributed by atoms with Gasteiger partial charge in [-0.3, -0.25) is 4.79 Å². The van der Waals surface area contributed by atoms with Crippen molar-refractivity contribution in [2.45, 2.75) is 38.0 Å². The van der Waals surface area contributed by atoms with Crippen molar-refractivity contribution in [1.29, 1.82) is 0 Å². The third-order valence-electron chi connectivity index (χ3n) is 3.96. The van der Waals surface area contributed by atoms with E-state index in [0.717, 1.165) is 25.1 Å². The molecule has 3 heteroatoms. The third-order valence-corrected chi connectivity index (χ3v) is 3.96. The number of methoxy groups -OCH3 is 1. The van der Waals surface area contributed by atoms with E-state index in [4.69, 9.17) is 4.74 Å². The zero-order valence-electron chi connectivity index (χ0n) is 11.2. The van der Waals surface area contributed by atoms with Crippen LogP contribution in [0.5, 0.6) is 5.75 Å². The maximum atomic E-state index is 11.4. The van der Waals surface area contributed by atoms with Crippen LogP contribution < -0.4 is 10.1 Å². The predicted molar refractivity (Wildman–Crippen MR) is 71.8 cm³/mol. The number of nitrogens with one attached hydrogen (secondary N) is 1. The Morgan fingerprint density at radius 2 is 2.00 bits per heavy atom. The minimum Gasteiger partial charge on any atom is -0.497 e. The number of hydrogen-bond donors (Lipinski definition) is 1.